The summed E-state index contributed by atoms with van der Waals surface area (Å²) in [6.45, 7) is 3.95. The van der Waals surface area contributed by atoms with Crippen molar-refractivity contribution in [1.29, 1.82) is 0 Å². The van der Waals surface area contributed by atoms with Crippen LogP contribution in [0, 0.1) is 13.8 Å². The van der Waals surface area contributed by atoms with Crippen LogP contribution >= 0.6 is 0 Å². The van der Waals surface area contributed by atoms with E-state index in [9.17, 15) is 0 Å². The maximum atomic E-state index is 5.89. The van der Waals surface area contributed by atoms with E-state index in [2.05, 4.69) is 15.1 Å². The van der Waals surface area contributed by atoms with Crippen molar-refractivity contribution in [2.45, 2.75) is 13.8 Å². The monoisotopic (exact) mass is 266 g/mol. The minimum absolute atomic E-state index is 0.440. The molecule has 0 bridgehead atoms. The van der Waals surface area contributed by atoms with Gasteiger partial charge in [0.2, 0.25) is 5.82 Å². The van der Waals surface area contributed by atoms with Crippen molar-refractivity contribution in [2.24, 2.45) is 0 Å². The lowest BCUT2D eigenvalue weighted by Gasteiger charge is -2.00. The Morgan fingerprint density at radius 1 is 1.10 bits per heavy atom. The molecule has 0 saturated carbocycles. The molecule has 0 unspecified atom stereocenters. The molecule has 0 fully saturated rings. The van der Waals surface area contributed by atoms with Crippen LogP contribution < -0.4 is 5.73 Å². The minimum Gasteiger partial charge on any atom is -0.398 e. The van der Waals surface area contributed by atoms with Crippen molar-refractivity contribution in [1.82, 2.24) is 15.1 Å². The summed E-state index contributed by atoms with van der Waals surface area (Å²) < 4.78 is 5.28. The molecule has 0 aliphatic rings. The van der Waals surface area contributed by atoms with Crippen molar-refractivity contribution in [3.8, 4) is 23.0 Å². The number of aryl methyl sites for hydroxylation is 2. The van der Waals surface area contributed by atoms with Gasteiger partial charge in [0.05, 0.1) is 0 Å². The average Bonchev–Trinajstić information content (AvgIpc) is 2.92. The first-order valence-electron chi connectivity index (χ1n) is 6.27. The number of nitrogen functional groups attached to an aromatic ring is 1. The van der Waals surface area contributed by atoms with E-state index in [4.69, 9.17) is 10.3 Å². The standard InChI is InChI=1S/C15H14N4O/c1-9-5-6-17-13(7-9)14-18-15(20-19-14)11-4-3-10(2)12(16)8-11/h3-8H,16H2,1-2H3. The normalized spacial score (nSPS) is 10.7. The van der Waals surface area contributed by atoms with Crippen molar-refractivity contribution < 1.29 is 4.52 Å². The topological polar surface area (TPSA) is 77.8 Å². The van der Waals surface area contributed by atoms with Gasteiger partial charge in [-0.3, -0.25) is 4.98 Å². The molecule has 0 aliphatic heterocycles. The Bertz CT molecular complexity index is 764. The van der Waals surface area contributed by atoms with Gasteiger partial charge in [0, 0.05) is 17.4 Å². The molecule has 0 radical (unpaired) electrons. The van der Waals surface area contributed by atoms with E-state index in [0.29, 0.717) is 23.1 Å². The average molecular weight is 266 g/mol. The zero-order chi connectivity index (χ0) is 14.1. The third-order valence-electron chi connectivity index (χ3n) is 3.10. The summed E-state index contributed by atoms with van der Waals surface area (Å²) in [6, 6.07) is 9.51. The highest BCUT2D eigenvalue weighted by Gasteiger charge is 2.12. The fourth-order valence-electron chi connectivity index (χ4n) is 1.88. The summed E-state index contributed by atoms with van der Waals surface area (Å²) in [4.78, 5) is 8.61. The fraction of sp³-hybridized carbons (Fsp3) is 0.133. The Morgan fingerprint density at radius 2 is 1.95 bits per heavy atom. The molecule has 100 valence electrons. The van der Waals surface area contributed by atoms with Crippen molar-refractivity contribution in [3.63, 3.8) is 0 Å². The summed E-state index contributed by atoms with van der Waals surface area (Å²) >= 11 is 0. The van der Waals surface area contributed by atoms with E-state index in [-0.39, 0.29) is 0 Å². The van der Waals surface area contributed by atoms with E-state index in [0.717, 1.165) is 16.7 Å². The molecule has 1 aromatic carbocycles. The lowest BCUT2D eigenvalue weighted by Crippen LogP contribution is -1.90. The Morgan fingerprint density at radius 3 is 2.70 bits per heavy atom. The third kappa shape index (κ3) is 2.25. The number of rotatable bonds is 2. The van der Waals surface area contributed by atoms with Gasteiger partial charge in [-0.2, -0.15) is 4.98 Å². The van der Waals surface area contributed by atoms with Gasteiger partial charge >= 0.3 is 0 Å². The molecular formula is C15H14N4O. The maximum absolute atomic E-state index is 5.89. The highest BCUT2D eigenvalue weighted by Crippen LogP contribution is 2.24. The zero-order valence-corrected chi connectivity index (χ0v) is 11.3. The van der Waals surface area contributed by atoms with Gasteiger partial charge < -0.3 is 10.3 Å². The molecule has 2 heterocycles. The molecule has 5 nitrogen and oxygen atoms in total. The van der Waals surface area contributed by atoms with Gasteiger partial charge in [-0.15, -0.1) is 0 Å². The molecule has 2 aromatic heterocycles. The maximum Gasteiger partial charge on any atom is 0.258 e. The van der Waals surface area contributed by atoms with Crippen LogP contribution in [0.15, 0.2) is 41.1 Å². The first-order chi connectivity index (χ1) is 9.63. The number of aromatic nitrogens is 3. The number of hydrogen-bond donors (Lipinski definition) is 1. The Kier molecular flexibility index (Phi) is 2.95. The zero-order valence-electron chi connectivity index (χ0n) is 11.3. The number of hydrogen-bond acceptors (Lipinski definition) is 5. The molecule has 3 rings (SSSR count). The lowest BCUT2D eigenvalue weighted by molar-refractivity contribution is 0.432. The third-order valence-corrected chi connectivity index (χ3v) is 3.10. The van der Waals surface area contributed by atoms with E-state index in [1.165, 1.54) is 0 Å². The second-order valence-electron chi connectivity index (χ2n) is 4.71. The van der Waals surface area contributed by atoms with Crippen LogP contribution in [0.4, 0.5) is 5.69 Å². The number of nitrogens with two attached hydrogens (primary N) is 1. The van der Waals surface area contributed by atoms with Crippen LogP contribution in [0.5, 0.6) is 0 Å². The van der Waals surface area contributed by atoms with E-state index in [1.54, 1.807) is 6.20 Å². The molecule has 0 atom stereocenters. The first-order valence-corrected chi connectivity index (χ1v) is 6.27. The van der Waals surface area contributed by atoms with Crippen LogP contribution in [0.25, 0.3) is 23.0 Å². The molecular weight excluding hydrogens is 252 g/mol. The number of nitrogens with zero attached hydrogens (tertiary/aromatic N) is 3. The Balaban J connectivity index is 1.99. The quantitative estimate of drug-likeness (QED) is 0.721. The van der Waals surface area contributed by atoms with Crippen LogP contribution in [0.2, 0.25) is 0 Å². The van der Waals surface area contributed by atoms with Gasteiger partial charge in [0.25, 0.3) is 5.89 Å². The molecule has 0 amide bonds. The Hall–Kier alpha value is -2.69. The van der Waals surface area contributed by atoms with Crippen LogP contribution in [0.3, 0.4) is 0 Å². The second kappa shape index (κ2) is 4.77. The van der Waals surface area contributed by atoms with Gasteiger partial charge in [0.15, 0.2) is 0 Å². The Labute approximate surface area is 116 Å². The molecule has 3 aromatic rings. The number of benzene rings is 1. The van der Waals surface area contributed by atoms with Crippen LogP contribution in [-0.4, -0.2) is 15.1 Å². The number of pyridine rings is 1. The number of anilines is 1. The van der Waals surface area contributed by atoms with Crippen LogP contribution in [0.1, 0.15) is 11.1 Å². The van der Waals surface area contributed by atoms with Crippen molar-refractivity contribution in [2.75, 3.05) is 5.73 Å². The highest BCUT2D eigenvalue weighted by atomic mass is 16.5. The van der Waals surface area contributed by atoms with E-state index < -0.39 is 0 Å². The SMILES string of the molecule is Cc1ccnc(-c2noc(-c3ccc(C)c(N)c3)n2)c1. The smallest absolute Gasteiger partial charge is 0.258 e. The van der Waals surface area contributed by atoms with E-state index in [1.807, 2.05) is 44.2 Å². The lowest BCUT2D eigenvalue weighted by atomic mass is 10.1. The summed E-state index contributed by atoms with van der Waals surface area (Å²) in [5.74, 6) is 0.915. The predicted molar refractivity (Wildman–Crippen MR) is 76.9 cm³/mol. The summed E-state index contributed by atoms with van der Waals surface area (Å²) in [5.41, 5.74) is 10.2. The fourth-order valence-corrected chi connectivity index (χ4v) is 1.88. The molecule has 0 spiro atoms. The molecule has 2 N–H and O–H groups in total. The van der Waals surface area contributed by atoms with Gasteiger partial charge in [-0.05, 0) is 49.2 Å². The summed E-state index contributed by atoms with van der Waals surface area (Å²) in [5, 5.41) is 3.97. The van der Waals surface area contributed by atoms with Gasteiger partial charge in [-0.25, -0.2) is 0 Å². The second-order valence-corrected chi connectivity index (χ2v) is 4.71. The van der Waals surface area contributed by atoms with Gasteiger partial charge in [-0.1, -0.05) is 11.2 Å². The first kappa shape index (κ1) is 12.3. The van der Waals surface area contributed by atoms with Crippen molar-refractivity contribution >= 4 is 5.69 Å². The highest BCUT2D eigenvalue weighted by molar-refractivity contribution is 5.64. The van der Waals surface area contributed by atoms with E-state index >= 15 is 0 Å². The molecule has 5 heteroatoms. The predicted octanol–water partition coefficient (Wildman–Crippen LogP) is 3.00. The van der Waals surface area contributed by atoms with Crippen molar-refractivity contribution in [3.05, 3.63) is 47.7 Å². The summed E-state index contributed by atoms with van der Waals surface area (Å²) in [6.07, 6.45) is 1.73. The molecule has 0 aliphatic carbocycles. The largest absolute Gasteiger partial charge is 0.398 e. The minimum atomic E-state index is 0.440. The molecule has 20 heavy (non-hydrogen) atoms. The molecule has 0 saturated heterocycles. The van der Waals surface area contributed by atoms with Gasteiger partial charge in [0.1, 0.15) is 5.69 Å². The summed E-state index contributed by atoms with van der Waals surface area (Å²) in [7, 11) is 0. The van der Waals surface area contributed by atoms with Crippen LogP contribution in [-0.2, 0) is 0 Å².